The number of amides is 1. The van der Waals surface area contributed by atoms with Gasteiger partial charge in [-0.1, -0.05) is 24.3 Å². The van der Waals surface area contributed by atoms with Crippen molar-refractivity contribution in [2.24, 2.45) is 0 Å². The first kappa shape index (κ1) is 16.3. The van der Waals surface area contributed by atoms with Crippen LogP contribution in [0, 0.1) is 0 Å². The fourth-order valence-corrected chi connectivity index (χ4v) is 3.15. The summed E-state index contributed by atoms with van der Waals surface area (Å²) in [5, 5.41) is 11.1. The summed E-state index contributed by atoms with van der Waals surface area (Å²) in [4.78, 5) is 14.6. The number of aromatic nitrogens is 4. The molecule has 1 atom stereocenters. The highest BCUT2D eigenvalue weighted by atomic mass is 16.5. The van der Waals surface area contributed by atoms with Gasteiger partial charge in [-0.15, -0.1) is 5.10 Å². The average Bonchev–Trinajstić information content (AvgIpc) is 3.22. The summed E-state index contributed by atoms with van der Waals surface area (Å²) < 4.78 is 7.40. The topological polar surface area (TPSA) is 73.1 Å². The van der Waals surface area contributed by atoms with Crippen LogP contribution in [0.4, 0.5) is 0 Å². The smallest absolute Gasteiger partial charge is 0.263 e. The molecule has 2 aromatic carbocycles. The molecule has 1 unspecified atom stereocenters. The minimum absolute atomic E-state index is 0.00376. The van der Waals surface area contributed by atoms with E-state index in [1.54, 1.807) is 11.6 Å². The summed E-state index contributed by atoms with van der Waals surface area (Å²) in [5.41, 5.74) is 3.36. The van der Waals surface area contributed by atoms with Crippen molar-refractivity contribution in [3.8, 4) is 11.4 Å². The number of carbonyl (C=O) groups excluding carboxylic acids is 1. The van der Waals surface area contributed by atoms with E-state index < -0.39 is 6.10 Å². The summed E-state index contributed by atoms with van der Waals surface area (Å²) in [6.07, 6.45) is 1.87. The molecule has 3 aromatic rings. The predicted octanol–water partition coefficient (Wildman–Crippen LogP) is 2.01. The maximum absolute atomic E-state index is 12.7. The van der Waals surface area contributed by atoms with Crippen molar-refractivity contribution in [2.45, 2.75) is 26.0 Å². The van der Waals surface area contributed by atoms with Crippen molar-refractivity contribution in [3.05, 3.63) is 66.0 Å². The zero-order chi connectivity index (χ0) is 17.9. The number of fused-ring (bicyclic) bond motifs is 1. The van der Waals surface area contributed by atoms with Gasteiger partial charge in [0, 0.05) is 13.1 Å². The first-order valence-corrected chi connectivity index (χ1v) is 8.56. The van der Waals surface area contributed by atoms with Crippen LogP contribution in [-0.2, 0) is 17.8 Å². The number of carbonyl (C=O) groups is 1. The maximum atomic E-state index is 12.7. The Hall–Kier alpha value is -3.22. The van der Waals surface area contributed by atoms with Gasteiger partial charge < -0.3 is 9.64 Å². The molecule has 0 aliphatic carbocycles. The molecule has 7 heteroatoms. The third-order valence-corrected chi connectivity index (χ3v) is 4.55. The number of hydrogen-bond acceptors (Lipinski definition) is 5. The highest BCUT2D eigenvalue weighted by molar-refractivity contribution is 5.81. The zero-order valence-corrected chi connectivity index (χ0v) is 14.4. The van der Waals surface area contributed by atoms with Gasteiger partial charge in [-0.25, -0.2) is 4.68 Å². The molecule has 0 spiro atoms. The molecule has 0 fully saturated rings. The van der Waals surface area contributed by atoms with E-state index in [1.165, 1.54) is 17.5 Å². The lowest BCUT2D eigenvalue weighted by atomic mass is 9.99. The van der Waals surface area contributed by atoms with Crippen LogP contribution in [-0.4, -0.2) is 43.7 Å². The van der Waals surface area contributed by atoms with Crippen molar-refractivity contribution >= 4 is 5.91 Å². The lowest BCUT2D eigenvalue weighted by Crippen LogP contribution is -2.43. The molecule has 7 nitrogen and oxygen atoms in total. The van der Waals surface area contributed by atoms with Gasteiger partial charge >= 0.3 is 0 Å². The number of ether oxygens (including phenoxy) is 1. The van der Waals surface area contributed by atoms with Crippen molar-refractivity contribution in [1.82, 2.24) is 25.1 Å². The quantitative estimate of drug-likeness (QED) is 0.720. The van der Waals surface area contributed by atoms with Crippen LogP contribution in [0.1, 0.15) is 18.1 Å². The molecule has 132 valence electrons. The number of rotatable bonds is 4. The molecule has 1 amide bonds. The van der Waals surface area contributed by atoms with Gasteiger partial charge in [0.25, 0.3) is 5.91 Å². The first-order chi connectivity index (χ1) is 12.7. The second kappa shape index (κ2) is 6.95. The standard InChI is InChI=1S/C19H19N5O2/c1-14(19(25)23-11-10-15-4-2-3-5-16(15)12-23)26-18-8-6-17(7-9-18)24-13-20-21-22-24/h2-9,13-14H,10-12H2,1H3. The minimum Gasteiger partial charge on any atom is -0.481 e. The van der Waals surface area contributed by atoms with Gasteiger partial charge in [0.1, 0.15) is 12.1 Å². The molecule has 0 saturated carbocycles. The Bertz CT molecular complexity index is 893. The van der Waals surface area contributed by atoms with Crippen molar-refractivity contribution in [3.63, 3.8) is 0 Å². The molecular weight excluding hydrogens is 330 g/mol. The van der Waals surface area contributed by atoms with Gasteiger partial charge in [0.05, 0.1) is 5.69 Å². The van der Waals surface area contributed by atoms with Crippen LogP contribution >= 0.6 is 0 Å². The monoisotopic (exact) mass is 349 g/mol. The summed E-state index contributed by atoms with van der Waals surface area (Å²) in [6, 6.07) is 15.6. The Balaban J connectivity index is 1.40. The molecular formula is C19H19N5O2. The fraction of sp³-hybridized carbons (Fsp3) is 0.263. The summed E-state index contributed by atoms with van der Waals surface area (Å²) in [6.45, 7) is 3.15. The molecule has 1 aliphatic rings. The van der Waals surface area contributed by atoms with E-state index >= 15 is 0 Å². The van der Waals surface area contributed by atoms with Gasteiger partial charge in [-0.05, 0) is 59.2 Å². The number of nitrogens with zero attached hydrogens (tertiary/aromatic N) is 5. The summed E-state index contributed by atoms with van der Waals surface area (Å²) in [5.74, 6) is 0.643. The van der Waals surface area contributed by atoms with E-state index in [0.29, 0.717) is 12.3 Å². The second-order valence-electron chi connectivity index (χ2n) is 6.29. The summed E-state index contributed by atoms with van der Waals surface area (Å²) >= 11 is 0. The fourth-order valence-electron chi connectivity index (χ4n) is 3.15. The van der Waals surface area contributed by atoms with Gasteiger partial charge in [0.2, 0.25) is 0 Å². The molecule has 2 heterocycles. The highest BCUT2D eigenvalue weighted by Crippen LogP contribution is 2.21. The number of hydrogen-bond donors (Lipinski definition) is 0. The molecule has 0 N–H and O–H groups in total. The third-order valence-electron chi connectivity index (χ3n) is 4.55. The number of tetrazole rings is 1. The average molecular weight is 349 g/mol. The lowest BCUT2D eigenvalue weighted by Gasteiger charge is -2.31. The van der Waals surface area contributed by atoms with Gasteiger partial charge in [-0.3, -0.25) is 4.79 Å². The van der Waals surface area contributed by atoms with Crippen LogP contribution in [0.2, 0.25) is 0 Å². The molecule has 0 saturated heterocycles. The van der Waals surface area contributed by atoms with Gasteiger partial charge in [-0.2, -0.15) is 0 Å². The lowest BCUT2D eigenvalue weighted by molar-refractivity contribution is -0.138. The Morgan fingerprint density at radius 3 is 2.62 bits per heavy atom. The van der Waals surface area contributed by atoms with Gasteiger partial charge in [0.15, 0.2) is 6.10 Å². The van der Waals surface area contributed by atoms with E-state index in [1.807, 2.05) is 41.3 Å². The van der Waals surface area contributed by atoms with Crippen molar-refractivity contribution < 1.29 is 9.53 Å². The Morgan fingerprint density at radius 2 is 1.88 bits per heavy atom. The van der Waals surface area contributed by atoms with E-state index in [-0.39, 0.29) is 5.91 Å². The molecule has 0 bridgehead atoms. The largest absolute Gasteiger partial charge is 0.481 e. The molecule has 4 rings (SSSR count). The van der Waals surface area contributed by atoms with Crippen molar-refractivity contribution in [1.29, 1.82) is 0 Å². The Labute approximate surface area is 151 Å². The Kier molecular flexibility index (Phi) is 4.35. The molecule has 1 aromatic heterocycles. The Morgan fingerprint density at radius 1 is 1.12 bits per heavy atom. The van der Waals surface area contributed by atoms with E-state index in [2.05, 4.69) is 27.7 Å². The van der Waals surface area contributed by atoms with Crippen molar-refractivity contribution in [2.75, 3.05) is 6.54 Å². The first-order valence-electron chi connectivity index (χ1n) is 8.56. The third kappa shape index (κ3) is 3.28. The summed E-state index contributed by atoms with van der Waals surface area (Å²) in [7, 11) is 0. The molecule has 1 aliphatic heterocycles. The van der Waals surface area contributed by atoms with E-state index in [9.17, 15) is 4.79 Å². The van der Waals surface area contributed by atoms with E-state index in [0.717, 1.165) is 18.7 Å². The number of benzene rings is 2. The van der Waals surface area contributed by atoms with E-state index in [4.69, 9.17) is 4.74 Å². The highest BCUT2D eigenvalue weighted by Gasteiger charge is 2.25. The molecule has 26 heavy (non-hydrogen) atoms. The predicted molar refractivity (Wildman–Crippen MR) is 94.8 cm³/mol. The normalized spacial score (nSPS) is 14.6. The van der Waals surface area contributed by atoms with Crippen LogP contribution in [0.5, 0.6) is 5.75 Å². The van der Waals surface area contributed by atoms with Crippen LogP contribution in [0.15, 0.2) is 54.9 Å². The van der Waals surface area contributed by atoms with Crippen LogP contribution < -0.4 is 4.74 Å². The minimum atomic E-state index is -0.542. The second-order valence-corrected chi connectivity index (χ2v) is 6.29. The van der Waals surface area contributed by atoms with Crippen LogP contribution in [0.25, 0.3) is 5.69 Å². The molecule has 0 radical (unpaired) electrons. The SMILES string of the molecule is CC(Oc1ccc(-n2cnnn2)cc1)C(=O)N1CCc2ccccc2C1. The zero-order valence-electron chi connectivity index (χ0n) is 14.4. The maximum Gasteiger partial charge on any atom is 0.263 e. The van der Waals surface area contributed by atoms with Crippen LogP contribution in [0.3, 0.4) is 0 Å².